The number of anilines is 1. The summed E-state index contributed by atoms with van der Waals surface area (Å²) < 4.78 is 0.976. The van der Waals surface area contributed by atoms with E-state index in [1.54, 1.807) is 6.20 Å². The summed E-state index contributed by atoms with van der Waals surface area (Å²) in [5.41, 5.74) is 0. The van der Waals surface area contributed by atoms with E-state index in [1.165, 1.54) is 6.42 Å². The zero-order valence-electron chi connectivity index (χ0n) is 10.1. The summed E-state index contributed by atoms with van der Waals surface area (Å²) in [6, 6.07) is 1.91. The summed E-state index contributed by atoms with van der Waals surface area (Å²) in [6.07, 6.45) is 2.88. The van der Waals surface area contributed by atoms with Gasteiger partial charge in [0.15, 0.2) is 0 Å². The van der Waals surface area contributed by atoms with Crippen LogP contribution in [0.1, 0.15) is 6.42 Å². The number of hydrogen-bond acceptors (Lipinski definition) is 3. The highest BCUT2D eigenvalue weighted by atomic mass is 79.9. The first-order valence-electron chi connectivity index (χ1n) is 6.05. The molecule has 0 unspecified atom stereocenters. The zero-order valence-corrected chi connectivity index (χ0v) is 14.0. The third-order valence-electron chi connectivity index (χ3n) is 3.08. The summed E-state index contributed by atoms with van der Waals surface area (Å²) in [5.74, 6) is 1.00. The van der Waals surface area contributed by atoms with Crippen molar-refractivity contribution in [2.24, 2.45) is 0 Å². The lowest BCUT2D eigenvalue weighted by molar-refractivity contribution is 0.313. The first-order chi connectivity index (χ1) is 8.70. The number of rotatable bonds is 3. The Bertz CT molecular complexity index is 403. The first-order valence-corrected chi connectivity index (χ1v) is 8.34. The van der Waals surface area contributed by atoms with E-state index in [1.807, 2.05) is 6.07 Å². The fourth-order valence-corrected chi connectivity index (χ4v) is 3.56. The highest BCUT2D eigenvalue weighted by Crippen LogP contribution is 2.27. The van der Waals surface area contributed by atoms with Crippen LogP contribution in [-0.4, -0.2) is 47.9 Å². The monoisotopic (exact) mass is 395 g/mol. The molecule has 1 saturated heterocycles. The van der Waals surface area contributed by atoms with E-state index >= 15 is 0 Å². The third kappa shape index (κ3) is 3.83. The number of nitrogens with zero attached hydrogens (tertiary/aromatic N) is 3. The quantitative estimate of drug-likeness (QED) is 0.729. The minimum atomic E-state index is 0.668. The molecule has 0 aromatic carbocycles. The van der Waals surface area contributed by atoms with Gasteiger partial charge in [-0.15, -0.1) is 0 Å². The maximum atomic E-state index is 5.93. The molecular formula is C12H16Br2ClN3. The molecular weight excluding hydrogens is 381 g/mol. The molecule has 0 radical (unpaired) electrons. The van der Waals surface area contributed by atoms with Gasteiger partial charge >= 0.3 is 0 Å². The maximum Gasteiger partial charge on any atom is 0.143 e. The first kappa shape index (κ1) is 14.6. The van der Waals surface area contributed by atoms with Crippen molar-refractivity contribution in [3.8, 4) is 0 Å². The lowest BCUT2D eigenvalue weighted by Gasteiger charge is -2.23. The van der Waals surface area contributed by atoms with Gasteiger partial charge in [0.05, 0.1) is 9.50 Å². The van der Waals surface area contributed by atoms with Crippen molar-refractivity contribution in [1.29, 1.82) is 0 Å². The second-order valence-corrected chi connectivity index (χ2v) is 6.41. The average Bonchev–Trinajstić information content (AvgIpc) is 2.55. The van der Waals surface area contributed by atoms with E-state index in [0.29, 0.717) is 5.02 Å². The Kier molecular flexibility index (Phi) is 5.73. The molecule has 2 heterocycles. The zero-order chi connectivity index (χ0) is 13.0. The van der Waals surface area contributed by atoms with Gasteiger partial charge in [-0.3, -0.25) is 0 Å². The number of aromatic nitrogens is 1. The number of pyridine rings is 1. The van der Waals surface area contributed by atoms with Gasteiger partial charge in [0, 0.05) is 37.7 Å². The minimum Gasteiger partial charge on any atom is -0.354 e. The molecule has 0 spiro atoms. The molecule has 0 saturated carbocycles. The van der Waals surface area contributed by atoms with Gasteiger partial charge < -0.3 is 9.80 Å². The van der Waals surface area contributed by atoms with Crippen LogP contribution in [-0.2, 0) is 0 Å². The maximum absolute atomic E-state index is 5.93. The molecule has 18 heavy (non-hydrogen) atoms. The van der Waals surface area contributed by atoms with Crippen molar-refractivity contribution in [1.82, 2.24) is 9.88 Å². The molecule has 1 aliphatic rings. The molecule has 6 heteroatoms. The number of halogens is 3. The Morgan fingerprint density at radius 3 is 2.83 bits per heavy atom. The second-order valence-electron chi connectivity index (χ2n) is 4.33. The summed E-state index contributed by atoms with van der Waals surface area (Å²) in [6.45, 7) is 5.42. The van der Waals surface area contributed by atoms with Crippen molar-refractivity contribution >= 4 is 49.3 Å². The van der Waals surface area contributed by atoms with Crippen LogP contribution in [0.25, 0.3) is 0 Å². The molecule has 2 rings (SSSR count). The lowest BCUT2D eigenvalue weighted by Crippen LogP contribution is -2.32. The fraction of sp³-hybridized carbons (Fsp3) is 0.583. The molecule has 0 aliphatic carbocycles. The normalized spacial score (nSPS) is 17.8. The van der Waals surface area contributed by atoms with E-state index in [9.17, 15) is 0 Å². The van der Waals surface area contributed by atoms with Crippen molar-refractivity contribution in [3.63, 3.8) is 0 Å². The van der Waals surface area contributed by atoms with Gasteiger partial charge in [-0.1, -0.05) is 27.5 Å². The topological polar surface area (TPSA) is 19.4 Å². The van der Waals surface area contributed by atoms with Crippen LogP contribution in [0, 0.1) is 0 Å². The van der Waals surface area contributed by atoms with E-state index in [0.717, 1.165) is 48.3 Å². The van der Waals surface area contributed by atoms with Crippen molar-refractivity contribution in [2.45, 2.75) is 6.42 Å². The van der Waals surface area contributed by atoms with Crippen LogP contribution in [0.2, 0.25) is 5.02 Å². The summed E-state index contributed by atoms with van der Waals surface area (Å²) >= 11 is 13.0. The second kappa shape index (κ2) is 7.08. The van der Waals surface area contributed by atoms with E-state index in [4.69, 9.17) is 11.6 Å². The Balaban J connectivity index is 2.05. The standard InChI is InChI=1S/C12H16Br2ClN3/c13-2-5-17-3-1-4-18(7-6-17)12-11(14)8-10(15)9-16-12/h8-9H,1-7H2. The van der Waals surface area contributed by atoms with Gasteiger partial charge in [-0.05, 0) is 35.0 Å². The Labute approximate surface area is 130 Å². The molecule has 3 nitrogen and oxygen atoms in total. The SMILES string of the molecule is Clc1cnc(N2CCCN(CCBr)CC2)c(Br)c1. The van der Waals surface area contributed by atoms with E-state index in [-0.39, 0.29) is 0 Å². The van der Waals surface area contributed by atoms with Crippen LogP contribution in [0.15, 0.2) is 16.7 Å². The smallest absolute Gasteiger partial charge is 0.143 e. The van der Waals surface area contributed by atoms with Crippen molar-refractivity contribution in [2.75, 3.05) is 43.0 Å². The molecule has 0 bridgehead atoms. The van der Waals surface area contributed by atoms with E-state index < -0.39 is 0 Å². The van der Waals surface area contributed by atoms with Gasteiger partial charge in [-0.25, -0.2) is 4.98 Å². The highest BCUT2D eigenvalue weighted by Gasteiger charge is 2.17. The third-order valence-corrected chi connectivity index (χ3v) is 4.22. The molecule has 1 aromatic heterocycles. The molecule has 0 atom stereocenters. The highest BCUT2D eigenvalue weighted by molar-refractivity contribution is 9.10. The van der Waals surface area contributed by atoms with Gasteiger partial charge in [0.2, 0.25) is 0 Å². The molecule has 1 aromatic rings. The van der Waals surface area contributed by atoms with Gasteiger partial charge in [-0.2, -0.15) is 0 Å². The van der Waals surface area contributed by atoms with Crippen LogP contribution < -0.4 is 4.90 Å². The lowest BCUT2D eigenvalue weighted by atomic mass is 10.3. The van der Waals surface area contributed by atoms with Gasteiger partial charge in [0.1, 0.15) is 5.82 Å². The summed E-state index contributed by atoms with van der Waals surface area (Å²) in [7, 11) is 0. The van der Waals surface area contributed by atoms with Crippen molar-refractivity contribution in [3.05, 3.63) is 21.8 Å². The Morgan fingerprint density at radius 1 is 1.28 bits per heavy atom. The Morgan fingerprint density at radius 2 is 2.11 bits per heavy atom. The summed E-state index contributed by atoms with van der Waals surface area (Å²) in [5, 5.41) is 1.71. The van der Waals surface area contributed by atoms with Gasteiger partial charge in [0.25, 0.3) is 0 Å². The van der Waals surface area contributed by atoms with Crippen LogP contribution in [0.4, 0.5) is 5.82 Å². The minimum absolute atomic E-state index is 0.668. The van der Waals surface area contributed by atoms with Crippen LogP contribution >= 0.6 is 43.5 Å². The average molecular weight is 398 g/mol. The van der Waals surface area contributed by atoms with Crippen LogP contribution in [0.3, 0.4) is 0 Å². The summed E-state index contributed by atoms with van der Waals surface area (Å²) in [4.78, 5) is 9.25. The fourth-order valence-electron chi connectivity index (χ4n) is 2.17. The van der Waals surface area contributed by atoms with Crippen LogP contribution in [0.5, 0.6) is 0 Å². The number of alkyl halides is 1. The molecule has 1 aliphatic heterocycles. The molecule has 100 valence electrons. The van der Waals surface area contributed by atoms with E-state index in [2.05, 4.69) is 46.6 Å². The predicted octanol–water partition coefficient (Wildman–Crippen LogP) is 3.40. The van der Waals surface area contributed by atoms with Crippen molar-refractivity contribution < 1.29 is 0 Å². The molecule has 1 fully saturated rings. The largest absolute Gasteiger partial charge is 0.354 e. The molecule has 0 amide bonds. The number of hydrogen-bond donors (Lipinski definition) is 0. The predicted molar refractivity (Wildman–Crippen MR) is 84.0 cm³/mol. The Hall–Kier alpha value is 0.160. The molecule has 0 N–H and O–H groups in total.